The van der Waals surface area contributed by atoms with Gasteiger partial charge >= 0.3 is 0 Å². The highest BCUT2D eigenvalue weighted by Crippen LogP contribution is 1.91. The van der Waals surface area contributed by atoms with Gasteiger partial charge in [0.1, 0.15) is 10.7 Å². The predicted octanol–water partition coefficient (Wildman–Crippen LogP) is 1.15. The summed E-state index contributed by atoms with van der Waals surface area (Å²) in [6.07, 6.45) is 5.98. The molecule has 0 aliphatic heterocycles. The van der Waals surface area contributed by atoms with E-state index in [0.717, 1.165) is 18.7 Å². The zero-order valence-electron chi connectivity index (χ0n) is 6.95. The number of hydrogen-bond donors (Lipinski definition) is 1. The molecule has 0 aromatic carbocycles. The van der Waals surface area contributed by atoms with Crippen molar-refractivity contribution in [2.75, 3.05) is 6.54 Å². The van der Waals surface area contributed by atoms with E-state index in [2.05, 4.69) is 22.2 Å². The fourth-order valence-electron chi connectivity index (χ4n) is 0.745. The highest BCUT2D eigenvalue weighted by atomic mass is 32.1. The normalized spacial score (nSPS) is 9.42. The molecule has 1 rings (SSSR count). The number of nitrogens with one attached hydrogen (secondary N) is 1. The number of nitrogens with zero attached hydrogens (tertiary/aromatic N) is 2. The second-order valence-electron chi connectivity index (χ2n) is 2.35. The topological polar surface area (TPSA) is 37.8 Å². The third-order valence-corrected chi connectivity index (χ3v) is 1.68. The van der Waals surface area contributed by atoms with Gasteiger partial charge in [-0.2, -0.15) is 0 Å². The average Bonchev–Trinajstić information content (AvgIpc) is 2.15. The molecule has 0 radical (unpaired) electrons. The van der Waals surface area contributed by atoms with E-state index in [-0.39, 0.29) is 0 Å². The first-order chi connectivity index (χ1) is 5.84. The summed E-state index contributed by atoms with van der Waals surface area (Å²) in [4.78, 5) is 8.66. The van der Waals surface area contributed by atoms with Crippen molar-refractivity contribution in [1.82, 2.24) is 15.3 Å². The van der Waals surface area contributed by atoms with Crippen LogP contribution < -0.4 is 5.32 Å². The second-order valence-corrected chi connectivity index (χ2v) is 2.75. The van der Waals surface area contributed by atoms with Crippen LogP contribution in [-0.4, -0.2) is 21.5 Å². The zero-order chi connectivity index (χ0) is 8.81. The van der Waals surface area contributed by atoms with Crippen LogP contribution >= 0.6 is 12.2 Å². The Morgan fingerprint density at radius 2 is 2.42 bits per heavy atom. The molecule has 0 aliphatic carbocycles. The molecule has 1 aromatic heterocycles. The van der Waals surface area contributed by atoms with E-state index in [4.69, 9.17) is 12.2 Å². The van der Waals surface area contributed by atoms with Crippen molar-refractivity contribution in [3.8, 4) is 0 Å². The van der Waals surface area contributed by atoms with Crippen molar-refractivity contribution in [3.63, 3.8) is 0 Å². The maximum atomic E-state index is 5.07. The quantitative estimate of drug-likeness (QED) is 0.710. The maximum Gasteiger partial charge on any atom is 0.126 e. The van der Waals surface area contributed by atoms with Crippen LogP contribution in [0.25, 0.3) is 0 Å². The first-order valence-electron chi connectivity index (χ1n) is 3.88. The van der Waals surface area contributed by atoms with Gasteiger partial charge in [-0.05, 0) is 6.42 Å². The molecule has 0 amide bonds. The summed E-state index contributed by atoms with van der Waals surface area (Å²) in [5.74, 6) is 0. The van der Waals surface area contributed by atoms with Crippen molar-refractivity contribution in [2.24, 2.45) is 0 Å². The van der Waals surface area contributed by atoms with Gasteiger partial charge in [0.2, 0.25) is 0 Å². The van der Waals surface area contributed by atoms with E-state index in [1.54, 1.807) is 18.6 Å². The Balaban J connectivity index is 2.54. The molecule has 0 atom stereocenters. The van der Waals surface area contributed by atoms with E-state index in [0.29, 0.717) is 4.99 Å². The maximum absolute atomic E-state index is 5.07. The molecule has 0 fully saturated rings. The monoisotopic (exact) mass is 181 g/mol. The third-order valence-electron chi connectivity index (χ3n) is 1.33. The molecular formula is C8H11N3S. The largest absolute Gasteiger partial charge is 0.374 e. The smallest absolute Gasteiger partial charge is 0.126 e. The Kier molecular flexibility index (Phi) is 3.60. The lowest BCUT2D eigenvalue weighted by atomic mass is 10.4. The highest BCUT2D eigenvalue weighted by molar-refractivity contribution is 7.80. The molecule has 0 saturated heterocycles. The van der Waals surface area contributed by atoms with Gasteiger partial charge in [-0.15, -0.1) is 0 Å². The van der Waals surface area contributed by atoms with Gasteiger partial charge < -0.3 is 5.32 Å². The van der Waals surface area contributed by atoms with E-state index in [9.17, 15) is 0 Å². The Bertz CT molecular complexity index is 248. The number of thiocarbonyl (C=S) groups is 1. The summed E-state index contributed by atoms with van der Waals surface area (Å²) in [7, 11) is 0. The summed E-state index contributed by atoms with van der Waals surface area (Å²) >= 11 is 5.07. The molecule has 0 unspecified atom stereocenters. The van der Waals surface area contributed by atoms with Gasteiger partial charge in [-0.3, -0.25) is 9.97 Å². The van der Waals surface area contributed by atoms with Gasteiger partial charge in [0, 0.05) is 18.9 Å². The van der Waals surface area contributed by atoms with Crippen molar-refractivity contribution in [3.05, 3.63) is 24.3 Å². The molecule has 64 valence electrons. The van der Waals surface area contributed by atoms with Crippen molar-refractivity contribution >= 4 is 17.2 Å². The van der Waals surface area contributed by atoms with Gasteiger partial charge in [-0.1, -0.05) is 19.1 Å². The minimum absolute atomic E-state index is 0.671. The van der Waals surface area contributed by atoms with Gasteiger partial charge in [0.15, 0.2) is 0 Å². The number of rotatable bonds is 3. The summed E-state index contributed by atoms with van der Waals surface area (Å²) in [6, 6.07) is 0. The van der Waals surface area contributed by atoms with Crippen LogP contribution in [0.4, 0.5) is 0 Å². The van der Waals surface area contributed by atoms with E-state index in [1.807, 2.05) is 0 Å². The third kappa shape index (κ3) is 2.54. The first-order valence-corrected chi connectivity index (χ1v) is 4.29. The van der Waals surface area contributed by atoms with Crippen molar-refractivity contribution in [2.45, 2.75) is 13.3 Å². The number of hydrogen-bond acceptors (Lipinski definition) is 3. The average molecular weight is 181 g/mol. The van der Waals surface area contributed by atoms with Crippen LogP contribution in [0.3, 0.4) is 0 Å². The minimum atomic E-state index is 0.671. The van der Waals surface area contributed by atoms with E-state index >= 15 is 0 Å². The molecular weight excluding hydrogens is 170 g/mol. The number of aromatic nitrogens is 2. The van der Waals surface area contributed by atoms with Gasteiger partial charge in [0.25, 0.3) is 0 Å². The Labute approximate surface area is 77.2 Å². The molecule has 0 saturated carbocycles. The molecule has 1 aromatic rings. The van der Waals surface area contributed by atoms with E-state index < -0.39 is 0 Å². The Hall–Kier alpha value is -1.03. The second kappa shape index (κ2) is 4.77. The molecule has 0 spiro atoms. The standard InChI is InChI=1S/C8H11N3S/c1-2-3-11-8(12)7-6-9-4-5-10-7/h4-6H,2-3H2,1H3,(H,11,12). The first kappa shape index (κ1) is 9.06. The molecule has 1 heterocycles. The van der Waals surface area contributed by atoms with Gasteiger partial charge in [-0.25, -0.2) is 0 Å². The van der Waals surface area contributed by atoms with E-state index in [1.165, 1.54) is 0 Å². The fourth-order valence-corrected chi connectivity index (χ4v) is 0.953. The van der Waals surface area contributed by atoms with Gasteiger partial charge in [0.05, 0.1) is 6.20 Å². The van der Waals surface area contributed by atoms with Crippen LogP contribution in [0.1, 0.15) is 19.0 Å². The highest BCUT2D eigenvalue weighted by Gasteiger charge is 1.98. The van der Waals surface area contributed by atoms with Crippen LogP contribution in [0.2, 0.25) is 0 Å². The molecule has 0 aliphatic rings. The minimum Gasteiger partial charge on any atom is -0.374 e. The summed E-state index contributed by atoms with van der Waals surface area (Å²) < 4.78 is 0. The molecule has 4 heteroatoms. The van der Waals surface area contributed by atoms with Crippen LogP contribution in [0, 0.1) is 0 Å². The lowest BCUT2D eigenvalue weighted by Gasteiger charge is -2.03. The van der Waals surface area contributed by atoms with Crippen LogP contribution in [0.5, 0.6) is 0 Å². The Morgan fingerprint density at radius 3 is 3.00 bits per heavy atom. The summed E-state index contributed by atoms with van der Waals surface area (Å²) in [6.45, 7) is 2.97. The summed E-state index contributed by atoms with van der Waals surface area (Å²) in [5.41, 5.74) is 0.737. The molecule has 3 nitrogen and oxygen atoms in total. The SMILES string of the molecule is CCCNC(=S)c1cnccn1. The van der Waals surface area contributed by atoms with Crippen LogP contribution in [0.15, 0.2) is 18.6 Å². The molecule has 0 bridgehead atoms. The van der Waals surface area contributed by atoms with Crippen LogP contribution in [-0.2, 0) is 0 Å². The zero-order valence-corrected chi connectivity index (χ0v) is 7.77. The fraction of sp³-hybridized carbons (Fsp3) is 0.375. The Morgan fingerprint density at radius 1 is 1.58 bits per heavy atom. The predicted molar refractivity (Wildman–Crippen MR) is 52.0 cm³/mol. The van der Waals surface area contributed by atoms with Crippen molar-refractivity contribution in [1.29, 1.82) is 0 Å². The summed E-state index contributed by atoms with van der Waals surface area (Å²) in [5, 5.41) is 3.08. The molecule has 1 N–H and O–H groups in total. The van der Waals surface area contributed by atoms with Crippen molar-refractivity contribution < 1.29 is 0 Å². The lowest BCUT2D eigenvalue weighted by molar-refractivity contribution is 0.845. The molecule has 12 heavy (non-hydrogen) atoms. The lowest BCUT2D eigenvalue weighted by Crippen LogP contribution is -2.23.